The summed E-state index contributed by atoms with van der Waals surface area (Å²) in [5.74, 6) is 0.833. The van der Waals surface area contributed by atoms with E-state index in [0.717, 1.165) is 18.0 Å². The van der Waals surface area contributed by atoms with Gasteiger partial charge in [0.2, 0.25) is 0 Å². The van der Waals surface area contributed by atoms with Gasteiger partial charge in [0.05, 0.1) is 0 Å². The monoisotopic (exact) mass is 228 g/mol. The predicted molar refractivity (Wildman–Crippen MR) is 73.9 cm³/mol. The van der Waals surface area contributed by atoms with Gasteiger partial charge < -0.3 is 0 Å². The van der Waals surface area contributed by atoms with Crippen LogP contribution >= 0.6 is 0 Å². The summed E-state index contributed by atoms with van der Waals surface area (Å²) in [6.07, 6.45) is 0. The van der Waals surface area contributed by atoms with E-state index in [1.165, 1.54) is 26.2 Å². The molecule has 1 aliphatic rings. The molecule has 0 aliphatic carbocycles. The second-order valence-electron chi connectivity index (χ2n) is 5.99. The summed E-state index contributed by atoms with van der Waals surface area (Å²) < 4.78 is 0. The Hall–Kier alpha value is -0.0800. The van der Waals surface area contributed by atoms with Crippen LogP contribution in [0.5, 0.6) is 0 Å². The number of hydrogen-bond acceptors (Lipinski definition) is 2. The van der Waals surface area contributed by atoms with Crippen molar-refractivity contribution in [2.45, 2.75) is 60.5 Å². The van der Waals surface area contributed by atoms with E-state index in [2.05, 4.69) is 58.3 Å². The lowest BCUT2D eigenvalue weighted by atomic mass is 10.2. The molecule has 0 aromatic heterocycles. The Morgan fingerprint density at radius 1 is 0.562 bits per heavy atom. The van der Waals surface area contributed by atoms with Crippen molar-refractivity contribution in [3.8, 4) is 0 Å². The van der Waals surface area contributed by atoms with E-state index in [-0.39, 0.29) is 0 Å². The van der Waals surface area contributed by atoms with Gasteiger partial charge in [0.15, 0.2) is 0 Å². The zero-order valence-electron chi connectivity index (χ0n) is 12.5. The van der Waals surface area contributed by atoms with Crippen LogP contribution < -0.4 is 0 Å². The second kappa shape index (κ2) is 8.08. The molecule has 2 heteroatoms. The third-order valence-electron chi connectivity index (χ3n) is 2.81. The van der Waals surface area contributed by atoms with Crippen molar-refractivity contribution in [2.75, 3.05) is 26.2 Å². The van der Waals surface area contributed by atoms with Crippen LogP contribution in [0.1, 0.15) is 48.5 Å². The van der Waals surface area contributed by atoms with Gasteiger partial charge in [0.25, 0.3) is 0 Å². The van der Waals surface area contributed by atoms with E-state index < -0.39 is 0 Å². The minimum atomic E-state index is 0.722. The molecule has 1 aliphatic heterocycles. The van der Waals surface area contributed by atoms with Gasteiger partial charge in [-0.05, 0) is 33.6 Å². The predicted octanol–water partition coefficient (Wildman–Crippen LogP) is 3.08. The summed E-state index contributed by atoms with van der Waals surface area (Å²) >= 11 is 0. The Bertz CT molecular complexity index is 137. The molecule has 1 rings (SSSR count). The van der Waals surface area contributed by atoms with Crippen LogP contribution in [0.2, 0.25) is 0 Å². The summed E-state index contributed by atoms with van der Waals surface area (Å²) in [6.45, 7) is 20.6. The molecule has 0 aromatic carbocycles. The van der Waals surface area contributed by atoms with E-state index in [0.29, 0.717) is 0 Å². The molecule has 0 amide bonds. The summed E-state index contributed by atoms with van der Waals surface area (Å²) in [5, 5.41) is 0. The Morgan fingerprint density at radius 2 is 0.750 bits per heavy atom. The second-order valence-corrected chi connectivity index (χ2v) is 5.99. The molecule has 0 bridgehead atoms. The summed E-state index contributed by atoms with van der Waals surface area (Å²) in [4.78, 5) is 5.11. The minimum Gasteiger partial charge on any atom is -0.298 e. The van der Waals surface area contributed by atoms with Crippen LogP contribution in [-0.4, -0.2) is 48.1 Å². The van der Waals surface area contributed by atoms with E-state index in [9.17, 15) is 0 Å². The van der Waals surface area contributed by atoms with E-state index in [4.69, 9.17) is 0 Å². The zero-order chi connectivity index (χ0) is 12.7. The van der Waals surface area contributed by atoms with Crippen LogP contribution in [-0.2, 0) is 0 Å². The molecular weight excluding hydrogens is 196 g/mol. The average molecular weight is 228 g/mol. The first-order valence-electron chi connectivity index (χ1n) is 6.82. The molecule has 98 valence electrons. The number of rotatable bonds is 2. The molecule has 0 unspecified atom stereocenters. The molecule has 0 spiro atoms. The maximum atomic E-state index is 2.55. The van der Waals surface area contributed by atoms with Crippen molar-refractivity contribution in [1.29, 1.82) is 0 Å². The Labute approximate surface area is 103 Å². The topological polar surface area (TPSA) is 6.48 Å². The molecule has 1 fully saturated rings. The fraction of sp³-hybridized carbons (Fsp3) is 1.00. The van der Waals surface area contributed by atoms with Gasteiger partial charge in [-0.2, -0.15) is 0 Å². The lowest BCUT2D eigenvalue weighted by Crippen LogP contribution is -2.50. The molecule has 1 saturated heterocycles. The van der Waals surface area contributed by atoms with Gasteiger partial charge in [-0.3, -0.25) is 9.80 Å². The summed E-state index contributed by atoms with van der Waals surface area (Å²) in [7, 11) is 0. The Morgan fingerprint density at radius 3 is 0.875 bits per heavy atom. The number of hydrogen-bond donors (Lipinski definition) is 0. The van der Waals surface area contributed by atoms with Crippen molar-refractivity contribution in [1.82, 2.24) is 9.80 Å². The Kier molecular flexibility index (Phi) is 8.04. The van der Waals surface area contributed by atoms with Crippen LogP contribution in [0.15, 0.2) is 0 Å². The first-order chi connectivity index (χ1) is 7.34. The lowest BCUT2D eigenvalue weighted by molar-refractivity contribution is 0.0887. The zero-order valence-corrected chi connectivity index (χ0v) is 12.5. The quantitative estimate of drug-likeness (QED) is 0.716. The Balaban J connectivity index is 0.000000487. The highest BCUT2D eigenvalue weighted by atomic mass is 15.3. The van der Waals surface area contributed by atoms with Crippen molar-refractivity contribution in [3.05, 3.63) is 0 Å². The molecule has 0 aromatic rings. The van der Waals surface area contributed by atoms with E-state index in [1.54, 1.807) is 0 Å². The van der Waals surface area contributed by atoms with Crippen LogP contribution in [0, 0.1) is 5.92 Å². The van der Waals surface area contributed by atoms with Gasteiger partial charge in [-0.1, -0.05) is 20.8 Å². The number of nitrogens with zero attached hydrogens (tertiary/aromatic N) is 2. The standard InChI is InChI=1S/C10H22N2.C4H10/c1-9(2)11-5-7-12(8-6-11)10(3)4;1-4(2)3/h9-10H,5-8H2,1-4H3;4H,1-3H3. The number of piperazine rings is 1. The highest BCUT2D eigenvalue weighted by Crippen LogP contribution is 2.07. The molecule has 0 radical (unpaired) electrons. The van der Waals surface area contributed by atoms with Gasteiger partial charge in [-0.15, -0.1) is 0 Å². The molecule has 0 saturated carbocycles. The van der Waals surface area contributed by atoms with Gasteiger partial charge in [0, 0.05) is 38.3 Å². The third-order valence-corrected chi connectivity index (χ3v) is 2.81. The van der Waals surface area contributed by atoms with Crippen molar-refractivity contribution >= 4 is 0 Å². The van der Waals surface area contributed by atoms with Gasteiger partial charge >= 0.3 is 0 Å². The summed E-state index contributed by atoms with van der Waals surface area (Å²) in [6, 6.07) is 1.44. The molecule has 0 atom stereocenters. The van der Waals surface area contributed by atoms with E-state index in [1.807, 2.05) is 0 Å². The summed E-state index contributed by atoms with van der Waals surface area (Å²) in [5.41, 5.74) is 0. The molecule has 1 heterocycles. The minimum absolute atomic E-state index is 0.722. The molecule has 2 nitrogen and oxygen atoms in total. The molecule has 16 heavy (non-hydrogen) atoms. The maximum absolute atomic E-state index is 2.55. The molecule has 0 N–H and O–H groups in total. The van der Waals surface area contributed by atoms with Crippen molar-refractivity contribution < 1.29 is 0 Å². The normalized spacial score (nSPS) is 19.1. The van der Waals surface area contributed by atoms with Crippen LogP contribution in [0.4, 0.5) is 0 Å². The van der Waals surface area contributed by atoms with Crippen LogP contribution in [0.3, 0.4) is 0 Å². The van der Waals surface area contributed by atoms with Crippen LogP contribution in [0.25, 0.3) is 0 Å². The van der Waals surface area contributed by atoms with Gasteiger partial charge in [0.1, 0.15) is 0 Å². The highest BCUT2D eigenvalue weighted by Gasteiger charge is 2.19. The largest absolute Gasteiger partial charge is 0.298 e. The highest BCUT2D eigenvalue weighted by molar-refractivity contribution is 4.75. The molecular formula is C14H32N2. The first-order valence-corrected chi connectivity index (χ1v) is 6.82. The van der Waals surface area contributed by atoms with Crippen molar-refractivity contribution in [3.63, 3.8) is 0 Å². The SMILES string of the molecule is CC(C)C.CC(C)N1CCN(C(C)C)CC1. The lowest BCUT2D eigenvalue weighted by Gasteiger charge is -2.38. The van der Waals surface area contributed by atoms with Gasteiger partial charge in [-0.25, -0.2) is 0 Å². The smallest absolute Gasteiger partial charge is 0.0113 e. The third kappa shape index (κ3) is 7.24. The van der Waals surface area contributed by atoms with Crippen molar-refractivity contribution in [2.24, 2.45) is 5.92 Å². The fourth-order valence-corrected chi connectivity index (χ4v) is 1.77. The fourth-order valence-electron chi connectivity index (χ4n) is 1.77. The van der Waals surface area contributed by atoms with E-state index >= 15 is 0 Å². The first kappa shape index (κ1) is 15.9. The maximum Gasteiger partial charge on any atom is 0.0113 e. The average Bonchev–Trinajstić information content (AvgIpc) is 2.17.